The van der Waals surface area contributed by atoms with E-state index in [1.165, 1.54) is 6.07 Å². The van der Waals surface area contributed by atoms with E-state index in [1.807, 2.05) is 22.8 Å². The van der Waals surface area contributed by atoms with Crippen LogP contribution in [0.15, 0.2) is 47.3 Å². The van der Waals surface area contributed by atoms with E-state index in [-0.39, 0.29) is 17.3 Å². The fourth-order valence-electron chi connectivity index (χ4n) is 4.69. The van der Waals surface area contributed by atoms with Crippen molar-refractivity contribution in [2.45, 2.75) is 59.0 Å². The summed E-state index contributed by atoms with van der Waals surface area (Å²) in [6, 6.07) is 12.7. The summed E-state index contributed by atoms with van der Waals surface area (Å²) >= 11 is 0. The number of halogens is 1. The van der Waals surface area contributed by atoms with Crippen molar-refractivity contribution < 1.29 is 4.39 Å². The minimum absolute atomic E-state index is 0.0199. The third-order valence-corrected chi connectivity index (χ3v) is 6.41. The lowest BCUT2D eigenvalue weighted by Crippen LogP contribution is -2.42. The van der Waals surface area contributed by atoms with Crippen LogP contribution in [0.5, 0.6) is 0 Å². The highest BCUT2D eigenvalue weighted by Gasteiger charge is 2.24. The second-order valence-corrected chi connectivity index (χ2v) is 9.35. The summed E-state index contributed by atoms with van der Waals surface area (Å²) in [5.74, 6) is 1.12. The van der Waals surface area contributed by atoms with Gasteiger partial charge in [0, 0.05) is 30.6 Å². The summed E-state index contributed by atoms with van der Waals surface area (Å²) in [5, 5.41) is 0.557. The van der Waals surface area contributed by atoms with Crippen LogP contribution in [0, 0.1) is 11.7 Å². The maximum atomic E-state index is 14.3. The fraction of sp³-hybridized carbons (Fsp3) is 0.462. The first kappa shape index (κ1) is 21.7. The lowest BCUT2D eigenvalue weighted by Gasteiger charge is -2.36. The zero-order valence-electron chi connectivity index (χ0n) is 18.9. The van der Waals surface area contributed by atoms with Crippen molar-refractivity contribution in [1.82, 2.24) is 14.5 Å². The average Bonchev–Trinajstić information content (AvgIpc) is 2.76. The van der Waals surface area contributed by atoms with Crippen LogP contribution < -0.4 is 5.56 Å². The highest BCUT2D eigenvalue weighted by atomic mass is 19.1. The van der Waals surface area contributed by atoms with Crippen LogP contribution in [0.2, 0.25) is 0 Å². The van der Waals surface area contributed by atoms with Crippen molar-refractivity contribution in [2.75, 3.05) is 13.1 Å². The Morgan fingerprint density at radius 2 is 1.90 bits per heavy atom. The van der Waals surface area contributed by atoms with Gasteiger partial charge in [-0.05, 0) is 62.9 Å². The Hall–Kier alpha value is -2.53. The Morgan fingerprint density at radius 1 is 1.13 bits per heavy atom. The Balaban J connectivity index is 1.78. The van der Waals surface area contributed by atoms with Crippen LogP contribution in [0.4, 0.5) is 4.39 Å². The normalized spacial score (nSPS) is 17.7. The number of hydrogen-bond donors (Lipinski definition) is 0. The molecule has 2 aromatic carbocycles. The summed E-state index contributed by atoms with van der Waals surface area (Å²) in [4.78, 5) is 21.0. The maximum Gasteiger partial charge on any atom is 0.261 e. The molecular formula is C26H32FN3O. The van der Waals surface area contributed by atoms with Crippen molar-refractivity contribution in [2.24, 2.45) is 5.92 Å². The molecule has 0 radical (unpaired) electrons. The van der Waals surface area contributed by atoms with Gasteiger partial charge in [-0.25, -0.2) is 9.37 Å². The van der Waals surface area contributed by atoms with E-state index in [0.29, 0.717) is 40.5 Å². The molecule has 0 bridgehead atoms. The number of benzene rings is 2. The van der Waals surface area contributed by atoms with Crippen molar-refractivity contribution >= 4 is 10.9 Å². The van der Waals surface area contributed by atoms with Crippen molar-refractivity contribution in [3.8, 4) is 11.1 Å². The van der Waals surface area contributed by atoms with Gasteiger partial charge >= 0.3 is 0 Å². The number of aromatic nitrogens is 2. The van der Waals surface area contributed by atoms with Crippen LogP contribution in [0.3, 0.4) is 0 Å². The topological polar surface area (TPSA) is 38.1 Å². The summed E-state index contributed by atoms with van der Waals surface area (Å²) in [5.41, 5.74) is 1.87. The van der Waals surface area contributed by atoms with E-state index in [1.54, 1.807) is 18.2 Å². The number of piperidine rings is 1. The third-order valence-electron chi connectivity index (χ3n) is 6.41. The Bertz CT molecular complexity index is 1140. The largest absolute Gasteiger partial charge is 0.301 e. The molecule has 0 saturated carbocycles. The van der Waals surface area contributed by atoms with E-state index in [2.05, 4.69) is 32.6 Å². The minimum atomic E-state index is -0.287. The second kappa shape index (κ2) is 8.91. The van der Waals surface area contributed by atoms with Crippen LogP contribution in [-0.2, 0) is 6.54 Å². The molecule has 0 N–H and O–H groups in total. The van der Waals surface area contributed by atoms with E-state index in [9.17, 15) is 9.18 Å². The van der Waals surface area contributed by atoms with Gasteiger partial charge in [-0.3, -0.25) is 9.36 Å². The van der Waals surface area contributed by atoms with Gasteiger partial charge in [0.05, 0.1) is 10.9 Å². The highest BCUT2D eigenvalue weighted by Crippen LogP contribution is 2.27. The Labute approximate surface area is 183 Å². The first-order valence-electron chi connectivity index (χ1n) is 11.4. The number of rotatable bonds is 5. The Morgan fingerprint density at radius 3 is 2.61 bits per heavy atom. The predicted octanol–water partition coefficient (Wildman–Crippen LogP) is 5.45. The van der Waals surface area contributed by atoms with Gasteiger partial charge in [0.1, 0.15) is 11.6 Å². The van der Waals surface area contributed by atoms with Gasteiger partial charge in [-0.1, -0.05) is 38.1 Å². The molecule has 2 heterocycles. The van der Waals surface area contributed by atoms with Crippen molar-refractivity contribution in [1.29, 1.82) is 0 Å². The first-order valence-corrected chi connectivity index (χ1v) is 11.4. The molecule has 1 aliphatic heterocycles. The molecule has 1 fully saturated rings. The molecule has 31 heavy (non-hydrogen) atoms. The number of likely N-dealkylation sites (tertiary alicyclic amines) is 1. The summed E-state index contributed by atoms with van der Waals surface area (Å²) in [6.45, 7) is 11.4. The smallest absolute Gasteiger partial charge is 0.261 e. The molecule has 1 saturated heterocycles. The van der Waals surface area contributed by atoms with Crippen molar-refractivity contribution in [3.63, 3.8) is 0 Å². The number of hydrogen-bond acceptors (Lipinski definition) is 3. The van der Waals surface area contributed by atoms with Gasteiger partial charge in [0.25, 0.3) is 5.56 Å². The number of nitrogens with zero attached hydrogens (tertiary/aromatic N) is 3. The van der Waals surface area contributed by atoms with Crippen LogP contribution in [0.25, 0.3) is 22.0 Å². The zero-order valence-corrected chi connectivity index (χ0v) is 18.9. The molecule has 5 heteroatoms. The standard InChI is InChI=1S/C26H32FN3O/c1-17(2)25-28-24-12-11-20(21-9-5-6-10-23(21)27)14-22(24)26(31)30(25)16-19-8-7-13-29(15-19)18(3)4/h5-6,9-12,14,17-19H,7-8,13,15-16H2,1-4H3/t19-/m0/s1. The minimum Gasteiger partial charge on any atom is -0.301 e. The summed E-state index contributed by atoms with van der Waals surface area (Å²) in [6.07, 6.45) is 2.29. The molecule has 0 unspecified atom stereocenters. The predicted molar refractivity (Wildman–Crippen MR) is 125 cm³/mol. The zero-order chi connectivity index (χ0) is 22.1. The molecule has 0 spiro atoms. The monoisotopic (exact) mass is 421 g/mol. The molecule has 1 atom stereocenters. The van der Waals surface area contributed by atoms with Crippen LogP contribution >= 0.6 is 0 Å². The average molecular weight is 422 g/mol. The van der Waals surface area contributed by atoms with E-state index >= 15 is 0 Å². The second-order valence-electron chi connectivity index (χ2n) is 9.35. The maximum absolute atomic E-state index is 14.3. The first-order chi connectivity index (χ1) is 14.8. The van der Waals surface area contributed by atoms with Crippen LogP contribution in [0.1, 0.15) is 52.3 Å². The fourth-order valence-corrected chi connectivity index (χ4v) is 4.69. The molecular weight excluding hydrogens is 389 g/mol. The summed E-state index contributed by atoms with van der Waals surface area (Å²) in [7, 11) is 0. The van der Waals surface area contributed by atoms with Gasteiger partial charge in [0.2, 0.25) is 0 Å². The lowest BCUT2D eigenvalue weighted by molar-refractivity contribution is 0.129. The van der Waals surface area contributed by atoms with Gasteiger partial charge in [0.15, 0.2) is 0 Å². The molecule has 4 rings (SSSR count). The Kier molecular flexibility index (Phi) is 6.24. The highest BCUT2D eigenvalue weighted by molar-refractivity contribution is 5.84. The van der Waals surface area contributed by atoms with E-state index in [0.717, 1.165) is 31.8 Å². The van der Waals surface area contributed by atoms with Crippen LogP contribution in [-0.4, -0.2) is 33.6 Å². The van der Waals surface area contributed by atoms with Gasteiger partial charge in [-0.15, -0.1) is 0 Å². The molecule has 0 aliphatic carbocycles. The van der Waals surface area contributed by atoms with Gasteiger partial charge in [-0.2, -0.15) is 0 Å². The van der Waals surface area contributed by atoms with Crippen molar-refractivity contribution in [3.05, 3.63) is 64.5 Å². The molecule has 164 valence electrons. The number of fused-ring (bicyclic) bond motifs is 1. The molecule has 1 aliphatic rings. The molecule has 4 nitrogen and oxygen atoms in total. The van der Waals surface area contributed by atoms with E-state index in [4.69, 9.17) is 4.98 Å². The molecule has 1 aromatic heterocycles. The SMILES string of the molecule is CC(C)c1nc2ccc(-c3ccccc3F)cc2c(=O)n1C[C@H]1CCCN(C(C)C)C1. The summed E-state index contributed by atoms with van der Waals surface area (Å²) < 4.78 is 16.2. The third kappa shape index (κ3) is 4.42. The molecule has 3 aromatic rings. The van der Waals surface area contributed by atoms with E-state index < -0.39 is 0 Å². The quantitative estimate of drug-likeness (QED) is 0.550. The van der Waals surface area contributed by atoms with Gasteiger partial charge < -0.3 is 4.90 Å². The molecule has 0 amide bonds. The lowest BCUT2D eigenvalue weighted by atomic mass is 9.96.